The van der Waals surface area contributed by atoms with E-state index in [4.69, 9.17) is 0 Å². The van der Waals surface area contributed by atoms with E-state index in [1.165, 1.54) is 5.56 Å². The normalized spacial score (nSPS) is 11.2. The lowest BCUT2D eigenvalue weighted by atomic mass is 9.98. The molecule has 2 aromatic rings. The Morgan fingerprint density at radius 1 is 1.30 bits per heavy atom. The van der Waals surface area contributed by atoms with Crippen LogP contribution in [0.5, 0.6) is 0 Å². The standard InChI is InChI=1S/C17H20N2O/c1-5-6-12-7-8-13-15(11-12)19-18-14(16(13)20)9-10-17(2,3)4/h7-8,11H,5-6H2,1-4H3,(H,19,20). The molecule has 2 rings (SSSR count). The second kappa shape index (κ2) is 5.50. The maximum Gasteiger partial charge on any atom is 0.223 e. The molecule has 1 N–H and O–H groups in total. The first-order chi connectivity index (χ1) is 9.40. The summed E-state index contributed by atoms with van der Waals surface area (Å²) in [7, 11) is 0. The fraction of sp³-hybridized carbons (Fsp3) is 0.412. The maximum absolute atomic E-state index is 12.3. The number of aromatic amines is 1. The van der Waals surface area contributed by atoms with Gasteiger partial charge in [-0.05, 0) is 50.8 Å². The summed E-state index contributed by atoms with van der Waals surface area (Å²) in [6.07, 6.45) is 2.09. The number of benzene rings is 1. The van der Waals surface area contributed by atoms with Crippen LogP contribution in [0.3, 0.4) is 0 Å². The molecule has 0 aliphatic carbocycles. The molecule has 0 fully saturated rings. The van der Waals surface area contributed by atoms with Crippen molar-refractivity contribution in [3.8, 4) is 11.8 Å². The largest absolute Gasteiger partial charge is 0.286 e. The minimum absolute atomic E-state index is 0.0986. The first kappa shape index (κ1) is 14.3. The number of nitrogens with zero attached hydrogens (tertiary/aromatic N) is 1. The number of hydrogen-bond donors (Lipinski definition) is 1. The number of nitrogens with one attached hydrogen (secondary N) is 1. The Hall–Kier alpha value is -2.08. The molecule has 0 saturated carbocycles. The van der Waals surface area contributed by atoms with E-state index in [0.717, 1.165) is 18.4 Å². The Balaban J connectivity index is 2.51. The molecule has 0 atom stereocenters. The van der Waals surface area contributed by atoms with Crippen molar-refractivity contribution < 1.29 is 0 Å². The molecule has 0 radical (unpaired) electrons. The van der Waals surface area contributed by atoms with Crippen molar-refractivity contribution in [3.63, 3.8) is 0 Å². The molecule has 0 aliphatic heterocycles. The predicted octanol–water partition coefficient (Wildman–Crippen LogP) is 3.27. The van der Waals surface area contributed by atoms with Crippen molar-refractivity contribution in [2.24, 2.45) is 5.41 Å². The van der Waals surface area contributed by atoms with Crippen LogP contribution in [0.15, 0.2) is 23.0 Å². The van der Waals surface area contributed by atoms with Crippen molar-refractivity contribution in [2.45, 2.75) is 40.5 Å². The van der Waals surface area contributed by atoms with Gasteiger partial charge >= 0.3 is 0 Å². The molecule has 3 nitrogen and oxygen atoms in total. The first-order valence-corrected chi connectivity index (χ1v) is 6.95. The van der Waals surface area contributed by atoms with Crippen LogP contribution in [0.2, 0.25) is 0 Å². The summed E-state index contributed by atoms with van der Waals surface area (Å²) < 4.78 is 0. The van der Waals surface area contributed by atoms with E-state index in [2.05, 4.69) is 29.0 Å². The van der Waals surface area contributed by atoms with Crippen LogP contribution in [-0.2, 0) is 6.42 Å². The lowest BCUT2D eigenvalue weighted by Gasteiger charge is -2.06. The van der Waals surface area contributed by atoms with Gasteiger partial charge in [0.15, 0.2) is 5.69 Å². The highest BCUT2D eigenvalue weighted by atomic mass is 16.1. The minimum Gasteiger partial charge on any atom is -0.286 e. The number of hydrogen-bond acceptors (Lipinski definition) is 2. The summed E-state index contributed by atoms with van der Waals surface area (Å²) in [5.74, 6) is 5.92. The van der Waals surface area contributed by atoms with Gasteiger partial charge in [-0.15, -0.1) is 0 Å². The van der Waals surface area contributed by atoms with Crippen LogP contribution in [-0.4, -0.2) is 10.2 Å². The van der Waals surface area contributed by atoms with E-state index in [1.807, 2.05) is 39.0 Å². The summed E-state index contributed by atoms with van der Waals surface area (Å²) in [6.45, 7) is 8.15. The topological polar surface area (TPSA) is 45.8 Å². The maximum atomic E-state index is 12.3. The summed E-state index contributed by atoms with van der Waals surface area (Å²) >= 11 is 0. The molecule has 0 saturated heterocycles. The molecule has 1 aromatic carbocycles. The zero-order valence-corrected chi connectivity index (χ0v) is 12.5. The van der Waals surface area contributed by atoms with Crippen LogP contribution in [0.25, 0.3) is 10.9 Å². The fourth-order valence-electron chi connectivity index (χ4n) is 1.95. The minimum atomic E-state index is -0.145. The molecule has 20 heavy (non-hydrogen) atoms. The smallest absolute Gasteiger partial charge is 0.223 e. The van der Waals surface area contributed by atoms with Gasteiger partial charge in [0.2, 0.25) is 5.43 Å². The van der Waals surface area contributed by atoms with Crippen LogP contribution < -0.4 is 5.43 Å². The Morgan fingerprint density at radius 2 is 2.05 bits per heavy atom. The van der Waals surface area contributed by atoms with E-state index < -0.39 is 0 Å². The van der Waals surface area contributed by atoms with Gasteiger partial charge in [0.05, 0.1) is 10.9 Å². The Kier molecular flexibility index (Phi) is 3.94. The van der Waals surface area contributed by atoms with Gasteiger partial charge in [0.25, 0.3) is 0 Å². The van der Waals surface area contributed by atoms with Crippen molar-refractivity contribution in [2.75, 3.05) is 0 Å². The predicted molar refractivity (Wildman–Crippen MR) is 82.7 cm³/mol. The second-order valence-electron chi connectivity index (χ2n) is 6.03. The zero-order valence-electron chi connectivity index (χ0n) is 12.5. The highest BCUT2D eigenvalue weighted by Crippen LogP contribution is 2.12. The summed E-state index contributed by atoms with van der Waals surface area (Å²) in [5.41, 5.74) is 2.04. The van der Waals surface area contributed by atoms with E-state index in [-0.39, 0.29) is 16.5 Å². The monoisotopic (exact) mass is 268 g/mol. The molecule has 0 aliphatic rings. The Morgan fingerprint density at radius 3 is 2.70 bits per heavy atom. The fourth-order valence-corrected chi connectivity index (χ4v) is 1.95. The van der Waals surface area contributed by atoms with Gasteiger partial charge in [0.1, 0.15) is 0 Å². The molecule has 1 heterocycles. The average Bonchev–Trinajstić information content (AvgIpc) is 2.37. The highest BCUT2D eigenvalue weighted by Gasteiger charge is 2.07. The van der Waals surface area contributed by atoms with Gasteiger partial charge in [-0.2, -0.15) is 5.10 Å². The van der Waals surface area contributed by atoms with Crippen molar-refractivity contribution in [1.82, 2.24) is 10.2 Å². The Bertz CT molecular complexity index is 739. The quantitative estimate of drug-likeness (QED) is 0.850. The number of H-pyrrole nitrogens is 1. The molecule has 1 aromatic heterocycles. The number of aromatic nitrogens is 2. The molecule has 0 bridgehead atoms. The van der Waals surface area contributed by atoms with Crippen LogP contribution >= 0.6 is 0 Å². The van der Waals surface area contributed by atoms with E-state index in [9.17, 15) is 4.79 Å². The van der Waals surface area contributed by atoms with Crippen LogP contribution in [0.4, 0.5) is 0 Å². The summed E-state index contributed by atoms with van der Waals surface area (Å²) in [6, 6.07) is 5.86. The average molecular weight is 268 g/mol. The molecule has 104 valence electrons. The lowest BCUT2D eigenvalue weighted by molar-refractivity contribution is 0.571. The molecular formula is C17H20N2O. The van der Waals surface area contributed by atoms with Crippen LogP contribution in [0.1, 0.15) is 45.4 Å². The first-order valence-electron chi connectivity index (χ1n) is 6.95. The van der Waals surface area contributed by atoms with Gasteiger partial charge < -0.3 is 0 Å². The van der Waals surface area contributed by atoms with Crippen molar-refractivity contribution in [1.29, 1.82) is 0 Å². The van der Waals surface area contributed by atoms with Gasteiger partial charge in [-0.25, -0.2) is 0 Å². The lowest BCUT2D eigenvalue weighted by Crippen LogP contribution is -2.11. The number of rotatable bonds is 2. The summed E-state index contributed by atoms with van der Waals surface area (Å²) in [5, 5.41) is 7.69. The Labute approximate surface area is 119 Å². The van der Waals surface area contributed by atoms with Crippen LogP contribution in [0, 0.1) is 17.3 Å². The third kappa shape index (κ3) is 3.27. The second-order valence-corrected chi connectivity index (χ2v) is 6.03. The van der Waals surface area contributed by atoms with Crippen molar-refractivity contribution >= 4 is 10.9 Å². The molecular weight excluding hydrogens is 248 g/mol. The van der Waals surface area contributed by atoms with Gasteiger partial charge in [-0.3, -0.25) is 9.89 Å². The third-order valence-electron chi connectivity index (χ3n) is 2.93. The van der Waals surface area contributed by atoms with E-state index in [0.29, 0.717) is 5.39 Å². The third-order valence-corrected chi connectivity index (χ3v) is 2.93. The van der Waals surface area contributed by atoms with E-state index >= 15 is 0 Å². The molecule has 0 spiro atoms. The van der Waals surface area contributed by atoms with Gasteiger partial charge in [-0.1, -0.05) is 25.3 Å². The van der Waals surface area contributed by atoms with Crippen molar-refractivity contribution in [3.05, 3.63) is 39.7 Å². The number of aryl methyl sites for hydroxylation is 1. The van der Waals surface area contributed by atoms with Gasteiger partial charge in [0, 0.05) is 5.41 Å². The summed E-state index contributed by atoms with van der Waals surface area (Å²) in [4.78, 5) is 12.3. The molecule has 0 unspecified atom stereocenters. The zero-order chi connectivity index (χ0) is 14.8. The SMILES string of the molecule is CCCc1ccc2c(=O)c(C#CC(C)(C)C)n[nH]c2c1. The number of fused-ring (bicyclic) bond motifs is 1. The highest BCUT2D eigenvalue weighted by molar-refractivity contribution is 5.79. The van der Waals surface area contributed by atoms with E-state index in [1.54, 1.807) is 0 Å². The molecule has 3 heteroatoms. The molecule has 0 amide bonds.